The third kappa shape index (κ3) is 5.83. The number of hydrogen-bond acceptors (Lipinski definition) is 7. The summed E-state index contributed by atoms with van der Waals surface area (Å²) in [5.41, 5.74) is 3.54. The molecule has 1 aliphatic rings. The van der Waals surface area contributed by atoms with Crippen LogP contribution in [0, 0.1) is 13.8 Å². The minimum Gasteiger partial charge on any atom is -0.493 e. The van der Waals surface area contributed by atoms with Crippen LogP contribution in [0.5, 0.6) is 11.5 Å². The summed E-state index contributed by atoms with van der Waals surface area (Å²) >= 11 is 5.70. The maximum atomic E-state index is 13.8. The van der Waals surface area contributed by atoms with Gasteiger partial charge >= 0.3 is 5.97 Å². The molecule has 2 amide bonds. The fraction of sp³-hybridized carbons (Fsp3) is 0.200. The summed E-state index contributed by atoms with van der Waals surface area (Å²) in [6, 6.07) is 19.4. The van der Waals surface area contributed by atoms with Gasteiger partial charge in [0.05, 0.1) is 25.1 Å². The summed E-state index contributed by atoms with van der Waals surface area (Å²) in [6.45, 7) is 5.54. The number of para-hydroxylation sites is 1. The number of benzene rings is 3. The normalized spacial score (nSPS) is 14.6. The van der Waals surface area contributed by atoms with Crippen molar-refractivity contribution < 1.29 is 28.6 Å². The van der Waals surface area contributed by atoms with Gasteiger partial charge in [-0.05, 0) is 92.2 Å². The highest BCUT2D eigenvalue weighted by Crippen LogP contribution is 2.33. The topological polar surface area (TPSA) is 85.4 Å². The number of carbonyl (C=O) groups is 3. The number of nitrogens with zero attached hydrogens (tertiary/aromatic N) is 2. The second kappa shape index (κ2) is 11.9. The maximum absolute atomic E-state index is 13.8. The molecular formula is C30H28N2O6S. The Kier molecular flexibility index (Phi) is 8.41. The Morgan fingerprint density at radius 1 is 0.872 bits per heavy atom. The summed E-state index contributed by atoms with van der Waals surface area (Å²) in [6.07, 6.45) is 1.48. The van der Waals surface area contributed by atoms with E-state index in [0.29, 0.717) is 22.7 Å². The fourth-order valence-electron chi connectivity index (χ4n) is 4.03. The van der Waals surface area contributed by atoms with E-state index in [9.17, 15) is 14.4 Å². The zero-order valence-corrected chi connectivity index (χ0v) is 22.9. The smallest absolute Gasteiger partial charge is 0.344 e. The maximum Gasteiger partial charge on any atom is 0.344 e. The first kappa shape index (κ1) is 27.5. The Labute approximate surface area is 232 Å². The molecule has 0 spiro atoms. The fourth-order valence-corrected chi connectivity index (χ4v) is 4.41. The van der Waals surface area contributed by atoms with Crippen molar-refractivity contribution in [1.82, 2.24) is 0 Å². The first-order valence-electron chi connectivity index (χ1n) is 12.3. The Bertz CT molecular complexity index is 1470. The van der Waals surface area contributed by atoms with E-state index in [4.69, 9.17) is 26.4 Å². The molecule has 0 aliphatic carbocycles. The number of amides is 2. The van der Waals surface area contributed by atoms with Crippen molar-refractivity contribution in [3.8, 4) is 11.5 Å². The van der Waals surface area contributed by atoms with Gasteiger partial charge in [0.1, 0.15) is 5.57 Å². The molecule has 0 unspecified atom stereocenters. The van der Waals surface area contributed by atoms with E-state index in [1.54, 1.807) is 55.5 Å². The van der Waals surface area contributed by atoms with Gasteiger partial charge in [-0.15, -0.1) is 0 Å². The highest BCUT2D eigenvalue weighted by Gasteiger charge is 2.41. The lowest BCUT2D eigenvalue weighted by Gasteiger charge is -2.36. The average molecular weight is 545 g/mol. The molecule has 3 aromatic carbocycles. The molecule has 0 saturated carbocycles. The van der Waals surface area contributed by atoms with Crippen molar-refractivity contribution in [1.29, 1.82) is 0 Å². The second-order valence-electron chi connectivity index (χ2n) is 8.73. The van der Waals surface area contributed by atoms with Crippen LogP contribution in [0.2, 0.25) is 0 Å². The lowest BCUT2D eigenvalue weighted by Crippen LogP contribution is -2.57. The quantitative estimate of drug-likeness (QED) is 0.171. The molecule has 39 heavy (non-hydrogen) atoms. The lowest BCUT2D eigenvalue weighted by atomic mass is 10.0. The van der Waals surface area contributed by atoms with Crippen molar-refractivity contribution in [2.75, 3.05) is 30.1 Å². The van der Waals surface area contributed by atoms with Gasteiger partial charge in [-0.25, -0.2) is 4.79 Å². The first-order valence-corrected chi connectivity index (χ1v) is 12.7. The van der Waals surface area contributed by atoms with Gasteiger partial charge in [-0.1, -0.05) is 30.3 Å². The average Bonchev–Trinajstić information content (AvgIpc) is 2.92. The number of thiocarbonyl (C=S) groups is 1. The predicted octanol–water partition coefficient (Wildman–Crippen LogP) is 5.00. The Morgan fingerprint density at radius 2 is 1.56 bits per heavy atom. The van der Waals surface area contributed by atoms with E-state index in [1.807, 2.05) is 32.0 Å². The van der Waals surface area contributed by atoms with E-state index in [1.165, 1.54) is 23.0 Å². The van der Waals surface area contributed by atoms with E-state index < -0.39 is 17.8 Å². The Morgan fingerprint density at radius 3 is 2.21 bits per heavy atom. The van der Waals surface area contributed by atoms with E-state index in [-0.39, 0.29) is 29.6 Å². The first-order chi connectivity index (χ1) is 18.7. The molecule has 0 atom stereocenters. The number of carbonyl (C=O) groups excluding carboxylic acids is 3. The number of methoxy groups -OCH3 is 1. The molecule has 9 heteroatoms. The van der Waals surface area contributed by atoms with Crippen molar-refractivity contribution in [3.05, 3.63) is 89.0 Å². The molecule has 4 rings (SSSR count). The molecule has 1 aliphatic heterocycles. The molecule has 1 heterocycles. The molecule has 0 aromatic heterocycles. The molecule has 0 radical (unpaired) electrons. The van der Waals surface area contributed by atoms with Crippen molar-refractivity contribution >= 4 is 52.6 Å². The molecular weight excluding hydrogens is 516 g/mol. The van der Waals surface area contributed by atoms with Gasteiger partial charge in [0.25, 0.3) is 11.8 Å². The Balaban J connectivity index is 1.79. The third-order valence-corrected chi connectivity index (χ3v) is 6.53. The summed E-state index contributed by atoms with van der Waals surface area (Å²) in [7, 11) is 1.47. The van der Waals surface area contributed by atoms with Crippen molar-refractivity contribution in [2.45, 2.75) is 20.8 Å². The number of rotatable bonds is 8. The van der Waals surface area contributed by atoms with Gasteiger partial charge in [-0.2, -0.15) is 0 Å². The van der Waals surface area contributed by atoms with Gasteiger partial charge in [-0.3, -0.25) is 19.4 Å². The van der Waals surface area contributed by atoms with Gasteiger partial charge < -0.3 is 14.2 Å². The Hall–Kier alpha value is -4.50. The second-order valence-corrected chi connectivity index (χ2v) is 9.09. The minimum absolute atomic E-state index is 0.0600. The summed E-state index contributed by atoms with van der Waals surface area (Å²) in [4.78, 5) is 42.1. The molecule has 200 valence electrons. The van der Waals surface area contributed by atoms with Crippen LogP contribution in [0.4, 0.5) is 11.4 Å². The molecule has 8 nitrogen and oxygen atoms in total. The monoisotopic (exact) mass is 544 g/mol. The predicted molar refractivity (Wildman–Crippen MR) is 153 cm³/mol. The van der Waals surface area contributed by atoms with Gasteiger partial charge in [0.2, 0.25) is 0 Å². The van der Waals surface area contributed by atoms with Crippen LogP contribution < -0.4 is 19.3 Å². The molecule has 1 fully saturated rings. The van der Waals surface area contributed by atoms with Crippen LogP contribution in [0.15, 0.2) is 72.3 Å². The van der Waals surface area contributed by atoms with Gasteiger partial charge in [0, 0.05) is 0 Å². The zero-order chi connectivity index (χ0) is 28.1. The molecule has 3 aromatic rings. The SMILES string of the molecule is CCOC(=O)COc1cc(/C=C2\C(=O)N(c3ccccc3)C(=S)N(c3ccc(C)c(C)c3)C2=O)ccc1OC. The summed E-state index contributed by atoms with van der Waals surface area (Å²) < 4.78 is 15.9. The lowest BCUT2D eigenvalue weighted by molar-refractivity contribution is -0.145. The highest BCUT2D eigenvalue weighted by atomic mass is 32.1. The van der Waals surface area contributed by atoms with Crippen LogP contribution in [0.25, 0.3) is 6.08 Å². The molecule has 0 bridgehead atoms. The van der Waals surface area contributed by atoms with E-state index in [0.717, 1.165) is 11.1 Å². The number of anilines is 2. The van der Waals surface area contributed by atoms with Crippen LogP contribution in [-0.4, -0.2) is 43.2 Å². The number of esters is 1. The van der Waals surface area contributed by atoms with E-state index in [2.05, 4.69) is 0 Å². The van der Waals surface area contributed by atoms with Crippen LogP contribution in [-0.2, 0) is 19.1 Å². The van der Waals surface area contributed by atoms with Gasteiger partial charge in [0.15, 0.2) is 23.2 Å². The standard InChI is InChI=1S/C30H28N2O6S/c1-5-37-27(33)18-38-26-17-21(12-14-25(26)36-4)16-24-28(34)31(22-9-7-6-8-10-22)30(39)32(29(24)35)23-13-11-19(2)20(3)15-23/h6-17H,5,18H2,1-4H3/b24-16+. The molecule has 0 N–H and O–H groups in total. The number of aryl methyl sites for hydroxylation is 2. The number of hydrogen-bond donors (Lipinski definition) is 0. The summed E-state index contributed by atoms with van der Waals surface area (Å²) in [5, 5.41) is 0.0600. The largest absolute Gasteiger partial charge is 0.493 e. The minimum atomic E-state index is -0.555. The number of ether oxygens (including phenoxy) is 3. The van der Waals surface area contributed by atoms with Crippen molar-refractivity contribution in [2.24, 2.45) is 0 Å². The summed E-state index contributed by atoms with van der Waals surface area (Å²) in [5.74, 6) is -0.994. The van der Waals surface area contributed by atoms with Crippen LogP contribution >= 0.6 is 12.2 Å². The highest BCUT2D eigenvalue weighted by molar-refractivity contribution is 7.81. The van der Waals surface area contributed by atoms with Crippen molar-refractivity contribution in [3.63, 3.8) is 0 Å². The third-order valence-electron chi connectivity index (χ3n) is 6.16. The van der Waals surface area contributed by atoms with E-state index >= 15 is 0 Å². The van der Waals surface area contributed by atoms with Crippen LogP contribution in [0.1, 0.15) is 23.6 Å². The molecule has 1 saturated heterocycles. The van der Waals surface area contributed by atoms with Crippen LogP contribution in [0.3, 0.4) is 0 Å². The zero-order valence-electron chi connectivity index (χ0n) is 22.1.